The third-order valence-electron chi connectivity index (χ3n) is 2.55. The molecule has 0 amide bonds. The number of nitrogens with two attached hydrogens (primary N) is 1. The van der Waals surface area contributed by atoms with Crippen molar-refractivity contribution >= 4 is 5.69 Å². The summed E-state index contributed by atoms with van der Waals surface area (Å²) in [6.07, 6.45) is 0. The highest BCUT2D eigenvalue weighted by molar-refractivity contribution is 5.69. The average Bonchev–Trinajstić information content (AvgIpc) is 2.35. The third-order valence-corrected chi connectivity index (χ3v) is 2.55. The van der Waals surface area contributed by atoms with Gasteiger partial charge in [0.2, 0.25) is 0 Å². The second-order valence-electron chi connectivity index (χ2n) is 3.68. The average molecular weight is 235 g/mol. The van der Waals surface area contributed by atoms with E-state index in [0.717, 1.165) is 6.07 Å². The Morgan fingerprint density at radius 2 is 1.65 bits per heavy atom. The highest BCUT2D eigenvalue weighted by atomic mass is 19.1. The van der Waals surface area contributed by atoms with Gasteiger partial charge in [-0.2, -0.15) is 0 Å². The van der Waals surface area contributed by atoms with Gasteiger partial charge in [0.15, 0.2) is 5.82 Å². The number of rotatable bonds is 2. The standard InChI is InChI=1S/C13H11F2NO/c14-10-5-6-11(16)13(15)12(10)9-3-1-8(7-17)2-4-9/h1-6,17H,7,16H2. The molecule has 0 aliphatic rings. The van der Waals surface area contributed by atoms with Crippen LogP contribution in [0.4, 0.5) is 14.5 Å². The maximum absolute atomic E-state index is 13.7. The minimum atomic E-state index is -0.762. The summed E-state index contributed by atoms with van der Waals surface area (Å²) in [7, 11) is 0. The molecule has 2 rings (SSSR count). The van der Waals surface area contributed by atoms with Gasteiger partial charge in [0.25, 0.3) is 0 Å². The molecule has 0 aliphatic carbocycles. The predicted molar refractivity (Wildman–Crippen MR) is 62.1 cm³/mol. The van der Waals surface area contributed by atoms with E-state index in [1.807, 2.05) is 0 Å². The number of nitrogen functional groups attached to an aromatic ring is 1. The first-order valence-corrected chi connectivity index (χ1v) is 5.07. The molecule has 88 valence electrons. The molecule has 2 nitrogen and oxygen atoms in total. The maximum atomic E-state index is 13.7. The number of hydrogen-bond donors (Lipinski definition) is 2. The smallest absolute Gasteiger partial charge is 0.156 e. The van der Waals surface area contributed by atoms with Gasteiger partial charge in [-0.1, -0.05) is 24.3 Å². The van der Waals surface area contributed by atoms with Gasteiger partial charge in [-0.05, 0) is 23.3 Å². The van der Waals surface area contributed by atoms with E-state index < -0.39 is 11.6 Å². The van der Waals surface area contributed by atoms with Crippen LogP contribution in [0.2, 0.25) is 0 Å². The van der Waals surface area contributed by atoms with Gasteiger partial charge in [-0.25, -0.2) is 8.78 Å². The van der Waals surface area contributed by atoms with Crippen molar-refractivity contribution in [2.45, 2.75) is 6.61 Å². The summed E-state index contributed by atoms with van der Waals surface area (Å²) in [6, 6.07) is 8.64. The minimum Gasteiger partial charge on any atom is -0.396 e. The van der Waals surface area contributed by atoms with Crippen molar-refractivity contribution in [2.75, 3.05) is 5.73 Å². The first-order chi connectivity index (χ1) is 8.13. The van der Waals surface area contributed by atoms with Crippen molar-refractivity contribution < 1.29 is 13.9 Å². The number of benzene rings is 2. The number of aliphatic hydroxyl groups is 1. The molecule has 0 aliphatic heterocycles. The highest BCUT2D eigenvalue weighted by Crippen LogP contribution is 2.29. The maximum Gasteiger partial charge on any atom is 0.156 e. The summed E-state index contributed by atoms with van der Waals surface area (Å²) in [4.78, 5) is 0. The number of anilines is 1. The summed E-state index contributed by atoms with van der Waals surface area (Å²) in [5.41, 5.74) is 6.24. The molecule has 0 atom stereocenters. The molecule has 0 aromatic heterocycles. The Balaban J connectivity index is 2.55. The zero-order valence-electron chi connectivity index (χ0n) is 8.95. The van der Waals surface area contributed by atoms with Gasteiger partial charge in [-0.15, -0.1) is 0 Å². The summed E-state index contributed by atoms with van der Waals surface area (Å²) >= 11 is 0. The molecule has 17 heavy (non-hydrogen) atoms. The van der Waals surface area contributed by atoms with Crippen molar-refractivity contribution in [3.8, 4) is 11.1 Å². The van der Waals surface area contributed by atoms with Crippen LogP contribution in [0.15, 0.2) is 36.4 Å². The van der Waals surface area contributed by atoms with Crippen LogP contribution in [0.25, 0.3) is 11.1 Å². The molecular weight excluding hydrogens is 224 g/mol. The second kappa shape index (κ2) is 4.51. The van der Waals surface area contributed by atoms with E-state index in [4.69, 9.17) is 10.8 Å². The molecule has 2 aromatic rings. The van der Waals surface area contributed by atoms with Crippen LogP contribution < -0.4 is 5.73 Å². The van der Waals surface area contributed by atoms with Crippen molar-refractivity contribution in [2.24, 2.45) is 0 Å². The molecule has 0 unspecified atom stereocenters. The fourth-order valence-corrected chi connectivity index (χ4v) is 1.61. The number of hydrogen-bond acceptors (Lipinski definition) is 2. The van der Waals surface area contributed by atoms with Gasteiger partial charge in [-0.3, -0.25) is 0 Å². The quantitative estimate of drug-likeness (QED) is 0.786. The molecule has 2 aromatic carbocycles. The summed E-state index contributed by atoms with van der Waals surface area (Å²) in [5, 5.41) is 8.88. The molecule has 0 radical (unpaired) electrons. The summed E-state index contributed by atoms with van der Waals surface area (Å²) in [6.45, 7) is -0.109. The van der Waals surface area contributed by atoms with E-state index in [9.17, 15) is 8.78 Å². The Kier molecular flexibility index (Phi) is 3.06. The van der Waals surface area contributed by atoms with E-state index in [2.05, 4.69) is 0 Å². The van der Waals surface area contributed by atoms with Gasteiger partial charge < -0.3 is 10.8 Å². The lowest BCUT2D eigenvalue weighted by Crippen LogP contribution is -1.96. The lowest BCUT2D eigenvalue weighted by Gasteiger charge is -2.07. The summed E-state index contributed by atoms with van der Waals surface area (Å²) in [5.74, 6) is -1.42. The zero-order valence-corrected chi connectivity index (χ0v) is 8.95. The van der Waals surface area contributed by atoms with E-state index in [1.165, 1.54) is 6.07 Å². The monoisotopic (exact) mass is 235 g/mol. The van der Waals surface area contributed by atoms with Crippen LogP contribution in [0.5, 0.6) is 0 Å². The minimum absolute atomic E-state index is 0.0902. The highest BCUT2D eigenvalue weighted by Gasteiger charge is 2.13. The van der Waals surface area contributed by atoms with Gasteiger partial charge in [0, 0.05) is 0 Å². The lowest BCUT2D eigenvalue weighted by atomic mass is 10.0. The first-order valence-electron chi connectivity index (χ1n) is 5.07. The Bertz CT molecular complexity index is 538. The molecule has 0 bridgehead atoms. The lowest BCUT2D eigenvalue weighted by molar-refractivity contribution is 0.282. The van der Waals surface area contributed by atoms with Crippen molar-refractivity contribution in [3.63, 3.8) is 0 Å². The van der Waals surface area contributed by atoms with Crippen LogP contribution in [-0.2, 0) is 6.61 Å². The SMILES string of the molecule is Nc1ccc(F)c(-c2ccc(CO)cc2)c1F. The Morgan fingerprint density at radius 1 is 1.00 bits per heavy atom. The fraction of sp³-hybridized carbons (Fsp3) is 0.0769. The van der Waals surface area contributed by atoms with Crippen LogP contribution in [0, 0.1) is 11.6 Å². The first kappa shape index (κ1) is 11.5. The normalized spacial score (nSPS) is 10.5. The van der Waals surface area contributed by atoms with Crippen LogP contribution in [-0.4, -0.2) is 5.11 Å². The Labute approximate surface area is 97.3 Å². The topological polar surface area (TPSA) is 46.2 Å². The van der Waals surface area contributed by atoms with Crippen LogP contribution in [0.1, 0.15) is 5.56 Å². The Morgan fingerprint density at radius 3 is 2.24 bits per heavy atom. The van der Waals surface area contributed by atoms with Gasteiger partial charge >= 0.3 is 0 Å². The molecule has 3 N–H and O–H groups in total. The number of halogens is 2. The molecule has 0 spiro atoms. The number of aliphatic hydroxyl groups excluding tert-OH is 1. The van der Waals surface area contributed by atoms with Gasteiger partial charge in [0.1, 0.15) is 5.82 Å². The molecule has 4 heteroatoms. The second-order valence-corrected chi connectivity index (χ2v) is 3.68. The molecule has 0 saturated carbocycles. The van der Waals surface area contributed by atoms with Crippen molar-refractivity contribution in [3.05, 3.63) is 53.6 Å². The van der Waals surface area contributed by atoms with Crippen molar-refractivity contribution in [1.82, 2.24) is 0 Å². The molecule has 0 heterocycles. The van der Waals surface area contributed by atoms with Crippen molar-refractivity contribution in [1.29, 1.82) is 0 Å². The summed E-state index contributed by atoms with van der Waals surface area (Å²) < 4.78 is 27.3. The Hall–Kier alpha value is -1.94. The largest absolute Gasteiger partial charge is 0.396 e. The van der Waals surface area contributed by atoms with E-state index in [0.29, 0.717) is 11.1 Å². The van der Waals surface area contributed by atoms with E-state index in [-0.39, 0.29) is 17.9 Å². The zero-order chi connectivity index (χ0) is 12.4. The molecular formula is C13H11F2NO. The molecule has 0 saturated heterocycles. The van der Waals surface area contributed by atoms with E-state index in [1.54, 1.807) is 24.3 Å². The third kappa shape index (κ3) is 2.12. The van der Waals surface area contributed by atoms with Crippen LogP contribution in [0.3, 0.4) is 0 Å². The van der Waals surface area contributed by atoms with Gasteiger partial charge in [0.05, 0.1) is 17.9 Å². The molecule has 0 fully saturated rings. The predicted octanol–water partition coefficient (Wildman–Crippen LogP) is 2.71. The fourth-order valence-electron chi connectivity index (χ4n) is 1.61. The van der Waals surface area contributed by atoms with Crippen LogP contribution >= 0.6 is 0 Å². The van der Waals surface area contributed by atoms with E-state index >= 15 is 0 Å².